The van der Waals surface area contributed by atoms with Crippen molar-refractivity contribution in [2.45, 2.75) is 18.5 Å². The van der Waals surface area contributed by atoms with Crippen LogP contribution in [0.4, 0.5) is 26.3 Å². The van der Waals surface area contributed by atoms with E-state index in [-0.39, 0.29) is 12.2 Å². The molecule has 0 atom stereocenters. The molecule has 0 heterocycles. The van der Waals surface area contributed by atoms with Crippen molar-refractivity contribution in [2.75, 3.05) is 0 Å². The molecule has 98 valence electrons. The highest BCUT2D eigenvalue weighted by atomic mass is 19.4. The molecular formula is C7H4F6O4. The molecule has 10 heteroatoms. The second-order valence-corrected chi connectivity index (χ2v) is 2.57. The summed E-state index contributed by atoms with van der Waals surface area (Å²) in [5.41, 5.74) is 0. The Morgan fingerprint density at radius 2 is 1.41 bits per heavy atom. The van der Waals surface area contributed by atoms with Gasteiger partial charge in [-0.1, -0.05) is 0 Å². The van der Waals surface area contributed by atoms with E-state index >= 15 is 0 Å². The van der Waals surface area contributed by atoms with Crippen LogP contribution < -0.4 is 0 Å². The minimum Gasteiger partial charge on any atom is -0.478 e. The van der Waals surface area contributed by atoms with Crippen molar-refractivity contribution in [1.82, 2.24) is 0 Å². The highest BCUT2D eigenvalue weighted by Crippen LogP contribution is 2.35. The first kappa shape index (κ1) is 15.3. The molecular weight excluding hydrogens is 262 g/mol. The number of carbonyl (C=O) groups excluding carboxylic acids is 1. The summed E-state index contributed by atoms with van der Waals surface area (Å²) in [6.45, 7) is 0. The highest BCUT2D eigenvalue weighted by Gasteiger charge is 2.59. The van der Waals surface area contributed by atoms with Gasteiger partial charge in [0.1, 0.15) is 0 Å². The molecule has 0 radical (unpaired) electrons. The van der Waals surface area contributed by atoms with Crippen LogP contribution in [0.25, 0.3) is 0 Å². The maximum atomic E-state index is 11.8. The fourth-order valence-corrected chi connectivity index (χ4v) is 0.614. The molecule has 0 rings (SSSR count). The molecule has 0 aliphatic rings. The summed E-state index contributed by atoms with van der Waals surface area (Å²) >= 11 is 0. The summed E-state index contributed by atoms with van der Waals surface area (Å²) < 4.78 is 74.1. The first-order chi connectivity index (χ1) is 7.44. The first-order valence-electron chi connectivity index (χ1n) is 3.69. The number of carboxylic acids is 1. The van der Waals surface area contributed by atoms with Crippen LogP contribution in [0.3, 0.4) is 0 Å². The van der Waals surface area contributed by atoms with E-state index in [1.54, 1.807) is 0 Å². The summed E-state index contributed by atoms with van der Waals surface area (Å²) in [4.78, 5) is 20.3. The maximum absolute atomic E-state index is 11.8. The number of hydrogen-bond donors (Lipinski definition) is 1. The van der Waals surface area contributed by atoms with Gasteiger partial charge in [0.25, 0.3) is 6.10 Å². The smallest absolute Gasteiger partial charge is 0.434 e. The number of rotatable bonds is 3. The zero-order valence-electron chi connectivity index (χ0n) is 7.67. The lowest BCUT2D eigenvalue weighted by Gasteiger charge is -2.21. The zero-order valence-corrected chi connectivity index (χ0v) is 7.67. The summed E-state index contributed by atoms with van der Waals surface area (Å²) in [6.07, 6.45) is -16.0. The third kappa shape index (κ3) is 5.78. The van der Waals surface area contributed by atoms with Crippen molar-refractivity contribution in [3.05, 3.63) is 12.2 Å². The summed E-state index contributed by atoms with van der Waals surface area (Å²) in [6, 6.07) is 0. The van der Waals surface area contributed by atoms with Crippen LogP contribution in [0.15, 0.2) is 12.2 Å². The molecule has 4 nitrogen and oxygen atoms in total. The lowest BCUT2D eigenvalue weighted by molar-refractivity contribution is -0.312. The lowest BCUT2D eigenvalue weighted by atomic mass is 10.3. The Hall–Kier alpha value is -1.74. The van der Waals surface area contributed by atoms with Crippen LogP contribution in [0.5, 0.6) is 0 Å². The van der Waals surface area contributed by atoms with Gasteiger partial charge >= 0.3 is 24.3 Å². The quantitative estimate of drug-likeness (QED) is 0.479. The molecule has 0 aromatic heterocycles. The lowest BCUT2D eigenvalue weighted by Crippen LogP contribution is -2.45. The summed E-state index contributed by atoms with van der Waals surface area (Å²) in [5, 5.41) is 7.98. The summed E-state index contributed by atoms with van der Waals surface area (Å²) in [5.74, 6) is -3.79. The maximum Gasteiger partial charge on any atom is 0.434 e. The minimum absolute atomic E-state index is 0.0478. The van der Waals surface area contributed by atoms with Gasteiger partial charge in [0.15, 0.2) is 0 Å². The molecule has 0 unspecified atom stereocenters. The summed E-state index contributed by atoms with van der Waals surface area (Å²) in [7, 11) is 0. The van der Waals surface area contributed by atoms with Gasteiger partial charge in [-0.15, -0.1) is 0 Å². The van der Waals surface area contributed by atoms with Crippen molar-refractivity contribution in [1.29, 1.82) is 0 Å². The van der Waals surface area contributed by atoms with Gasteiger partial charge in [-0.3, -0.25) is 0 Å². The van der Waals surface area contributed by atoms with Crippen LogP contribution in [0.1, 0.15) is 0 Å². The van der Waals surface area contributed by atoms with Gasteiger partial charge in [0, 0.05) is 12.2 Å². The van der Waals surface area contributed by atoms with Crippen LogP contribution >= 0.6 is 0 Å². The zero-order chi connectivity index (χ0) is 13.9. The predicted octanol–water partition coefficient (Wildman–Crippen LogP) is 1.66. The van der Waals surface area contributed by atoms with Crippen molar-refractivity contribution < 1.29 is 45.8 Å². The fourth-order valence-electron chi connectivity index (χ4n) is 0.614. The predicted molar refractivity (Wildman–Crippen MR) is 38.8 cm³/mol. The van der Waals surface area contributed by atoms with Gasteiger partial charge in [0.05, 0.1) is 0 Å². The highest BCUT2D eigenvalue weighted by molar-refractivity contribution is 5.90. The molecule has 0 aliphatic heterocycles. The molecule has 0 saturated carbocycles. The van der Waals surface area contributed by atoms with Crippen molar-refractivity contribution in [3.8, 4) is 0 Å². The Labute approximate surface area is 89.5 Å². The molecule has 0 amide bonds. The van der Waals surface area contributed by atoms with Gasteiger partial charge in [-0.25, -0.2) is 9.59 Å². The Kier molecular flexibility index (Phi) is 4.54. The molecule has 0 aromatic rings. The van der Waals surface area contributed by atoms with E-state index in [1.807, 2.05) is 0 Å². The molecule has 1 N–H and O–H groups in total. The second kappa shape index (κ2) is 5.06. The van der Waals surface area contributed by atoms with Gasteiger partial charge in [-0.05, 0) is 0 Å². The third-order valence-electron chi connectivity index (χ3n) is 1.19. The number of carboxylic acid groups (broad SMARTS) is 1. The molecule has 0 saturated heterocycles. The minimum atomic E-state index is -5.83. The van der Waals surface area contributed by atoms with E-state index in [4.69, 9.17) is 5.11 Å². The number of esters is 1. The van der Waals surface area contributed by atoms with Gasteiger partial charge < -0.3 is 9.84 Å². The topological polar surface area (TPSA) is 63.6 Å². The number of alkyl halides is 6. The Balaban J connectivity index is 4.80. The molecule has 0 aromatic carbocycles. The van der Waals surface area contributed by atoms with E-state index in [2.05, 4.69) is 4.74 Å². The van der Waals surface area contributed by atoms with Crippen LogP contribution in [0.2, 0.25) is 0 Å². The standard InChI is InChI=1S/C7H4F6O4/c8-6(9,10)5(7(11,12)13)17-4(16)2-1-3(14)15/h1-2,5H,(H,14,15)/b2-1-. The molecule has 0 spiro atoms. The molecule has 0 bridgehead atoms. The SMILES string of the molecule is O=C(O)/C=C\C(=O)OC(C(F)(F)F)C(F)(F)F. The number of aliphatic carboxylic acids is 1. The molecule has 0 fully saturated rings. The number of carbonyl (C=O) groups is 2. The Morgan fingerprint density at radius 1 is 1.00 bits per heavy atom. The number of hydrogen-bond acceptors (Lipinski definition) is 3. The van der Waals surface area contributed by atoms with Gasteiger partial charge in [0.2, 0.25) is 0 Å². The van der Waals surface area contributed by atoms with E-state index in [0.717, 1.165) is 0 Å². The average Bonchev–Trinajstić information content (AvgIpc) is 2.07. The van der Waals surface area contributed by atoms with Crippen LogP contribution in [-0.4, -0.2) is 35.5 Å². The van der Waals surface area contributed by atoms with Crippen molar-refractivity contribution in [2.24, 2.45) is 0 Å². The van der Waals surface area contributed by atoms with E-state index in [9.17, 15) is 35.9 Å². The normalized spacial score (nSPS) is 13.1. The number of halogens is 6. The average molecular weight is 266 g/mol. The van der Waals surface area contributed by atoms with E-state index in [0.29, 0.717) is 0 Å². The Bertz CT molecular complexity index is 314. The van der Waals surface area contributed by atoms with E-state index in [1.165, 1.54) is 0 Å². The van der Waals surface area contributed by atoms with Crippen LogP contribution in [0, 0.1) is 0 Å². The van der Waals surface area contributed by atoms with Crippen LogP contribution in [-0.2, 0) is 14.3 Å². The third-order valence-corrected chi connectivity index (χ3v) is 1.19. The van der Waals surface area contributed by atoms with Crippen molar-refractivity contribution in [3.63, 3.8) is 0 Å². The molecule has 17 heavy (non-hydrogen) atoms. The first-order valence-corrected chi connectivity index (χ1v) is 3.69. The fraction of sp³-hybridized carbons (Fsp3) is 0.429. The second-order valence-electron chi connectivity index (χ2n) is 2.57. The Morgan fingerprint density at radius 3 is 1.71 bits per heavy atom. The van der Waals surface area contributed by atoms with E-state index < -0.39 is 30.4 Å². The molecule has 0 aliphatic carbocycles. The number of ether oxygens (including phenoxy) is 1. The van der Waals surface area contributed by atoms with Gasteiger partial charge in [-0.2, -0.15) is 26.3 Å². The van der Waals surface area contributed by atoms with Crippen molar-refractivity contribution >= 4 is 11.9 Å². The largest absolute Gasteiger partial charge is 0.478 e. The monoisotopic (exact) mass is 266 g/mol.